The van der Waals surface area contributed by atoms with Crippen molar-refractivity contribution < 1.29 is 24.1 Å². The van der Waals surface area contributed by atoms with Gasteiger partial charge in [-0.15, -0.1) is 0 Å². The number of pyridine rings is 1. The van der Waals surface area contributed by atoms with E-state index in [1.54, 1.807) is 0 Å². The monoisotopic (exact) mass is 517 g/mol. The molecule has 2 aliphatic heterocycles. The summed E-state index contributed by atoms with van der Waals surface area (Å²) in [6, 6.07) is 15.8. The Labute approximate surface area is 223 Å². The zero-order chi connectivity index (χ0) is 26.5. The van der Waals surface area contributed by atoms with Crippen molar-refractivity contribution in [1.29, 1.82) is 0 Å². The van der Waals surface area contributed by atoms with Crippen LogP contribution in [0.4, 0.5) is 0 Å². The molecule has 0 aliphatic carbocycles. The van der Waals surface area contributed by atoms with Gasteiger partial charge >= 0.3 is 5.97 Å². The first kappa shape index (κ1) is 26.0. The summed E-state index contributed by atoms with van der Waals surface area (Å²) in [6.07, 6.45) is 0.0714. The smallest absolute Gasteiger partial charge is 0.304 e. The Morgan fingerprint density at radius 1 is 1.11 bits per heavy atom. The Bertz CT molecular complexity index is 1270. The fourth-order valence-corrected chi connectivity index (χ4v) is 5.22. The number of aromatic nitrogens is 1. The van der Waals surface area contributed by atoms with Crippen molar-refractivity contribution >= 4 is 5.97 Å². The molecule has 1 fully saturated rings. The van der Waals surface area contributed by atoms with Crippen LogP contribution in [0.25, 0.3) is 11.3 Å². The summed E-state index contributed by atoms with van der Waals surface area (Å²) in [5.74, 6) is 1.24. The highest BCUT2D eigenvalue weighted by atomic mass is 16.5. The zero-order valence-electron chi connectivity index (χ0n) is 22.0. The van der Waals surface area contributed by atoms with Gasteiger partial charge in [0.15, 0.2) is 0 Å². The van der Waals surface area contributed by atoms with E-state index in [0.29, 0.717) is 25.7 Å². The third kappa shape index (κ3) is 6.26. The summed E-state index contributed by atoms with van der Waals surface area (Å²) in [7, 11) is 0. The van der Waals surface area contributed by atoms with E-state index in [0.717, 1.165) is 77.7 Å². The number of carboxylic acids is 1. The molecule has 2 aliphatic rings. The topological polar surface area (TPSA) is 93.2 Å². The molecule has 5 rings (SSSR count). The Kier molecular flexibility index (Phi) is 8.10. The van der Waals surface area contributed by atoms with E-state index < -0.39 is 5.97 Å². The summed E-state index contributed by atoms with van der Waals surface area (Å²) < 4.78 is 17.8. The highest BCUT2D eigenvalue weighted by Crippen LogP contribution is 2.37. The van der Waals surface area contributed by atoms with E-state index in [1.807, 2.05) is 36.4 Å². The summed E-state index contributed by atoms with van der Waals surface area (Å²) in [5.41, 5.74) is 6.05. The van der Waals surface area contributed by atoms with Crippen molar-refractivity contribution in [1.82, 2.24) is 15.2 Å². The average molecular weight is 518 g/mol. The van der Waals surface area contributed by atoms with E-state index >= 15 is 0 Å². The predicted molar refractivity (Wildman–Crippen MR) is 145 cm³/mol. The molecule has 0 saturated carbocycles. The Hall–Kier alpha value is -3.62. The van der Waals surface area contributed by atoms with Crippen LogP contribution in [-0.2, 0) is 11.4 Å². The first-order chi connectivity index (χ1) is 18.5. The number of nitrogens with one attached hydrogen (secondary N) is 1. The SMILES string of the molecule is Cc1cc(OCCN2CCNCC2)cc(C)c1-c1cccc(OCc2ccc3c(c2)OCC3CC(=O)O)n1. The fraction of sp³-hybridized carbons (Fsp3) is 0.400. The van der Waals surface area contributed by atoms with E-state index in [-0.39, 0.29) is 12.3 Å². The number of rotatable bonds is 10. The highest BCUT2D eigenvalue weighted by Gasteiger charge is 2.26. The lowest BCUT2D eigenvalue weighted by Crippen LogP contribution is -2.44. The largest absolute Gasteiger partial charge is 0.493 e. The molecule has 0 bridgehead atoms. The third-order valence-electron chi connectivity index (χ3n) is 7.14. The first-order valence-electron chi connectivity index (χ1n) is 13.2. The molecule has 2 N–H and O–H groups in total. The average Bonchev–Trinajstić information content (AvgIpc) is 3.29. The maximum absolute atomic E-state index is 11.1. The summed E-state index contributed by atoms with van der Waals surface area (Å²) in [6.45, 7) is 10.7. The number of aryl methyl sites for hydroxylation is 2. The number of fused-ring (bicyclic) bond motifs is 1. The molecule has 8 heteroatoms. The maximum Gasteiger partial charge on any atom is 0.304 e. The van der Waals surface area contributed by atoms with Gasteiger partial charge in [0.05, 0.1) is 18.7 Å². The number of piperazine rings is 1. The minimum Gasteiger partial charge on any atom is -0.493 e. The number of carboxylic acid groups (broad SMARTS) is 1. The zero-order valence-corrected chi connectivity index (χ0v) is 22.0. The van der Waals surface area contributed by atoms with Crippen molar-refractivity contribution in [2.45, 2.75) is 32.8 Å². The fourth-order valence-electron chi connectivity index (χ4n) is 5.22. The quantitative estimate of drug-likeness (QED) is 0.414. The molecule has 1 aromatic heterocycles. The molecule has 8 nitrogen and oxygen atoms in total. The first-order valence-corrected chi connectivity index (χ1v) is 13.2. The molecular formula is C30H35N3O5. The molecule has 0 amide bonds. The van der Waals surface area contributed by atoms with Crippen LogP contribution in [0.2, 0.25) is 0 Å². The van der Waals surface area contributed by atoms with Crippen molar-refractivity contribution in [3.05, 3.63) is 70.8 Å². The van der Waals surface area contributed by atoms with E-state index in [9.17, 15) is 4.79 Å². The Morgan fingerprint density at radius 2 is 1.89 bits per heavy atom. The second kappa shape index (κ2) is 11.8. The lowest BCUT2D eigenvalue weighted by Gasteiger charge is -2.27. The highest BCUT2D eigenvalue weighted by molar-refractivity contribution is 5.69. The third-order valence-corrected chi connectivity index (χ3v) is 7.14. The van der Waals surface area contributed by atoms with Gasteiger partial charge in [0.25, 0.3) is 0 Å². The summed E-state index contributed by atoms with van der Waals surface area (Å²) >= 11 is 0. The van der Waals surface area contributed by atoms with Gasteiger partial charge in [-0.1, -0.05) is 18.2 Å². The number of benzene rings is 2. The van der Waals surface area contributed by atoms with Crippen LogP contribution < -0.4 is 19.5 Å². The number of hydrogen-bond donors (Lipinski definition) is 2. The van der Waals surface area contributed by atoms with Gasteiger partial charge in [0.1, 0.15) is 24.7 Å². The Balaban J connectivity index is 1.22. The molecule has 1 atom stereocenters. The molecule has 2 aromatic carbocycles. The molecule has 38 heavy (non-hydrogen) atoms. The number of aliphatic carboxylic acids is 1. The van der Waals surface area contributed by atoms with E-state index in [1.165, 1.54) is 0 Å². The van der Waals surface area contributed by atoms with Crippen molar-refractivity contribution in [2.24, 2.45) is 0 Å². The van der Waals surface area contributed by atoms with Crippen molar-refractivity contribution in [3.8, 4) is 28.6 Å². The molecular weight excluding hydrogens is 482 g/mol. The van der Waals surface area contributed by atoms with Crippen LogP contribution in [0.15, 0.2) is 48.5 Å². The number of hydrogen-bond acceptors (Lipinski definition) is 7. The lowest BCUT2D eigenvalue weighted by molar-refractivity contribution is -0.137. The molecule has 200 valence electrons. The van der Waals surface area contributed by atoms with E-state index in [2.05, 4.69) is 36.2 Å². The maximum atomic E-state index is 11.1. The van der Waals surface area contributed by atoms with Gasteiger partial charge in [-0.25, -0.2) is 4.98 Å². The van der Waals surface area contributed by atoms with Gasteiger partial charge in [-0.2, -0.15) is 0 Å². The van der Waals surface area contributed by atoms with Crippen LogP contribution >= 0.6 is 0 Å². The second-order valence-corrected chi connectivity index (χ2v) is 10.00. The molecule has 3 heterocycles. The van der Waals surface area contributed by atoms with E-state index in [4.69, 9.17) is 24.3 Å². The van der Waals surface area contributed by atoms with Crippen LogP contribution in [0.1, 0.15) is 34.6 Å². The molecule has 1 unspecified atom stereocenters. The van der Waals surface area contributed by atoms with Crippen LogP contribution in [0, 0.1) is 13.8 Å². The van der Waals surface area contributed by atoms with Gasteiger partial charge in [0, 0.05) is 55.8 Å². The lowest BCUT2D eigenvalue weighted by atomic mass is 9.97. The standard InChI is InChI=1S/C30H35N3O5/c1-20-14-24(36-13-12-33-10-8-31-9-11-33)15-21(2)30(20)26-4-3-5-28(32-26)38-18-22-6-7-25-23(17-29(34)35)19-37-27(25)16-22/h3-7,14-16,23,31H,8-13,17-19H2,1-2H3,(H,34,35). The minimum absolute atomic E-state index is 0.0714. The summed E-state index contributed by atoms with van der Waals surface area (Å²) in [4.78, 5) is 18.3. The molecule has 1 saturated heterocycles. The van der Waals surface area contributed by atoms with Crippen molar-refractivity contribution in [2.75, 3.05) is 45.9 Å². The van der Waals surface area contributed by atoms with Gasteiger partial charge < -0.3 is 24.6 Å². The number of nitrogens with zero attached hydrogens (tertiary/aromatic N) is 2. The molecule has 0 radical (unpaired) electrons. The van der Waals surface area contributed by atoms with Gasteiger partial charge in [-0.3, -0.25) is 9.69 Å². The van der Waals surface area contributed by atoms with Gasteiger partial charge in [0.2, 0.25) is 5.88 Å². The summed E-state index contributed by atoms with van der Waals surface area (Å²) in [5, 5.41) is 12.5. The van der Waals surface area contributed by atoms with Gasteiger partial charge in [-0.05, 0) is 54.8 Å². The predicted octanol–water partition coefficient (Wildman–Crippen LogP) is 4.18. The minimum atomic E-state index is -0.816. The Morgan fingerprint density at radius 3 is 2.66 bits per heavy atom. The van der Waals surface area contributed by atoms with Crippen LogP contribution in [0.5, 0.6) is 17.4 Å². The van der Waals surface area contributed by atoms with Crippen LogP contribution in [-0.4, -0.2) is 66.9 Å². The molecule has 3 aromatic rings. The van der Waals surface area contributed by atoms with Crippen molar-refractivity contribution in [3.63, 3.8) is 0 Å². The molecule has 0 spiro atoms. The normalized spacial score (nSPS) is 17.1. The number of carbonyl (C=O) groups is 1. The second-order valence-electron chi connectivity index (χ2n) is 10.00. The van der Waals surface area contributed by atoms with Crippen LogP contribution in [0.3, 0.4) is 0 Å². The number of ether oxygens (including phenoxy) is 3.